The number of oxazole rings is 1. The van der Waals surface area contributed by atoms with Crippen molar-refractivity contribution in [3.63, 3.8) is 0 Å². The van der Waals surface area contributed by atoms with Crippen molar-refractivity contribution in [3.8, 4) is 0 Å². The Morgan fingerprint density at radius 3 is 2.69 bits per heavy atom. The summed E-state index contributed by atoms with van der Waals surface area (Å²) in [6.07, 6.45) is 1.27. The van der Waals surface area contributed by atoms with E-state index in [2.05, 4.69) is 4.98 Å². The fourth-order valence-corrected chi connectivity index (χ4v) is 1.27. The first-order valence-corrected chi connectivity index (χ1v) is 4.60. The van der Waals surface area contributed by atoms with Gasteiger partial charge in [-0.3, -0.25) is 14.5 Å². The normalized spacial score (nSPS) is 10.6. The van der Waals surface area contributed by atoms with E-state index in [-0.39, 0.29) is 19.6 Å². The number of hydrogen-bond donors (Lipinski definition) is 2. The number of carboxylic acid groups (broad SMARTS) is 1. The summed E-state index contributed by atoms with van der Waals surface area (Å²) < 4.78 is 4.97. The maximum Gasteiger partial charge on any atom is 0.317 e. The Hall–Kier alpha value is -1.89. The van der Waals surface area contributed by atoms with Crippen LogP contribution in [0.4, 0.5) is 0 Å². The summed E-state index contributed by atoms with van der Waals surface area (Å²) in [6.45, 7) is 1.54. The molecule has 0 aliphatic carbocycles. The lowest BCUT2D eigenvalue weighted by molar-refractivity contribution is -0.138. The number of carbonyl (C=O) groups is 2. The van der Waals surface area contributed by atoms with Crippen LogP contribution in [-0.2, 0) is 16.1 Å². The number of hydrogen-bond acceptors (Lipinski definition) is 5. The third-order valence-corrected chi connectivity index (χ3v) is 1.96. The zero-order valence-electron chi connectivity index (χ0n) is 8.84. The predicted octanol–water partition coefficient (Wildman–Crippen LogP) is -0.645. The second-order valence-electron chi connectivity index (χ2n) is 3.36. The molecule has 1 heterocycles. The van der Waals surface area contributed by atoms with Crippen LogP contribution >= 0.6 is 0 Å². The Kier molecular flexibility index (Phi) is 4.01. The third kappa shape index (κ3) is 3.70. The molecule has 0 saturated carbocycles. The number of rotatable bonds is 6. The second-order valence-corrected chi connectivity index (χ2v) is 3.36. The quantitative estimate of drug-likeness (QED) is 0.668. The average Bonchev–Trinajstić information content (AvgIpc) is 2.49. The summed E-state index contributed by atoms with van der Waals surface area (Å²) in [5.41, 5.74) is 5.62. The molecule has 1 aromatic heterocycles. The first-order valence-electron chi connectivity index (χ1n) is 4.60. The molecule has 16 heavy (non-hydrogen) atoms. The van der Waals surface area contributed by atoms with Crippen LogP contribution in [-0.4, -0.2) is 40.0 Å². The molecule has 1 rings (SSSR count). The SMILES string of the molecule is Cc1ocnc1CN(CC(N)=O)CC(=O)O. The van der Waals surface area contributed by atoms with E-state index in [1.165, 1.54) is 11.3 Å². The van der Waals surface area contributed by atoms with Crippen LogP contribution < -0.4 is 5.73 Å². The van der Waals surface area contributed by atoms with Gasteiger partial charge in [0.05, 0.1) is 18.8 Å². The fourth-order valence-electron chi connectivity index (χ4n) is 1.27. The summed E-state index contributed by atoms with van der Waals surface area (Å²) >= 11 is 0. The summed E-state index contributed by atoms with van der Waals surface area (Å²) in [4.78, 5) is 26.6. The van der Waals surface area contributed by atoms with Crippen molar-refractivity contribution >= 4 is 11.9 Å². The van der Waals surface area contributed by atoms with E-state index in [9.17, 15) is 9.59 Å². The molecule has 0 aromatic carbocycles. The van der Waals surface area contributed by atoms with Gasteiger partial charge in [0.2, 0.25) is 5.91 Å². The molecule has 0 saturated heterocycles. The number of aromatic nitrogens is 1. The van der Waals surface area contributed by atoms with Gasteiger partial charge in [-0.25, -0.2) is 4.98 Å². The first-order chi connectivity index (χ1) is 7.49. The number of nitrogens with zero attached hydrogens (tertiary/aromatic N) is 2. The number of amides is 1. The number of primary amides is 1. The number of aryl methyl sites for hydroxylation is 1. The van der Waals surface area contributed by atoms with Gasteiger partial charge in [0.15, 0.2) is 6.39 Å². The Balaban J connectivity index is 2.66. The largest absolute Gasteiger partial charge is 0.480 e. The monoisotopic (exact) mass is 227 g/mol. The molecule has 0 aliphatic heterocycles. The molecule has 0 fully saturated rings. The highest BCUT2D eigenvalue weighted by Gasteiger charge is 2.15. The molecule has 0 atom stereocenters. The fraction of sp³-hybridized carbons (Fsp3) is 0.444. The van der Waals surface area contributed by atoms with Crippen molar-refractivity contribution in [1.82, 2.24) is 9.88 Å². The Morgan fingerprint density at radius 2 is 2.25 bits per heavy atom. The van der Waals surface area contributed by atoms with Gasteiger partial charge < -0.3 is 15.3 Å². The topological polar surface area (TPSA) is 110 Å². The van der Waals surface area contributed by atoms with Crippen LogP contribution in [0.2, 0.25) is 0 Å². The molecule has 0 unspecified atom stereocenters. The van der Waals surface area contributed by atoms with Gasteiger partial charge in [-0.15, -0.1) is 0 Å². The van der Waals surface area contributed by atoms with Crippen molar-refractivity contribution in [3.05, 3.63) is 17.8 Å². The highest BCUT2D eigenvalue weighted by Crippen LogP contribution is 2.07. The Morgan fingerprint density at radius 1 is 1.56 bits per heavy atom. The molecule has 88 valence electrons. The van der Waals surface area contributed by atoms with E-state index < -0.39 is 11.9 Å². The van der Waals surface area contributed by atoms with Crippen molar-refractivity contribution in [2.45, 2.75) is 13.5 Å². The van der Waals surface area contributed by atoms with Crippen LogP contribution in [0, 0.1) is 6.92 Å². The molecule has 1 amide bonds. The zero-order chi connectivity index (χ0) is 12.1. The molecular weight excluding hydrogens is 214 g/mol. The van der Waals surface area contributed by atoms with Crippen LogP contribution in [0.1, 0.15) is 11.5 Å². The van der Waals surface area contributed by atoms with Gasteiger partial charge in [0, 0.05) is 6.54 Å². The van der Waals surface area contributed by atoms with Crippen molar-refractivity contribution in [1.29, 1.82) is 0 Å². The van der Waals surface area contributed by atoms with Gasteiger partial charge in [-0.05, 0) is 6.92 Å². The summed E-state index contributed by atoms with van der Waals surface area (Å²) in [6, 6.07) is 0. The molecule has 0 bridgehead atoms. The van der Waals surface area contributed by atoms with Crippen molar-refractivity contribution in [2.75, 3.05) is 13.1 Å². The molecule has 7 nitrogen and oxygen atoms in total. The Bertz CT molecular complexity index is 372. The van der Waals surface area contributed by atoms with Gasteiger partial charge in [-0.1, -0.05) is 0 Å². The lowest BCUT2D eigenvalue weighted by atomic mass is 10.3. The molecule has 1 aromatic rings. The molecule has 0 spiro atoms. The smallest absolute Gasteiger partial charge is 0.317 e. The number of nitrogens with two attached hydrogens (primary N) is 1. The lowest BCUT2D eigenvalue weighted by Gasteiger charge is -2.16. The predicted molar refractivity (Wildman–Crippen MR) is 53.3 cm³/mol. The minimum Gasteiger partial charge on any atom is -0.480 e. The molecular formula is C9H13N3O4. The second kappa shape index (κ2) is 5.26. The van der Waals surface area contributed by atoms with Gasteiger partial charge in [0.1, 0.15) is 5.76 Å². The number of carboxylic acids is 1. The summed E-state index contributed by atoms with van der Waals surface area (Å²) in [5, 5.41) is 8.66. The minimum atomic E-state index is -1.03. The molecule has 0 radical (unpaired) electrons. The van der Waals surface area contributed by atoms with E-state index >= 15 is 0 Å². The average molecular weight is 227 g/mol. The first kappa shape index (κ1) is 12.2. The van der Waals surface area contributed by atoms with Gasteiger partial charge in [0.25, 0.3) is 0 Å². The highest BCUT2D eigenvalue weighted by molar-refractivity contribution is 5.77. The van der Waals surface area contributed by atoms with E-state index in [1.807, 2.05) is 0 Å². The Labute approximate surface area is 91.9 Å². The maximum atomic E-state index is 10.7. The van der Waals surface area contributed by atoms with Crippen LogP contribution in [0.5, 0.6) is 0 Å². The van der Waals surface area contributed by atoms with Crippen LogP contribution in [0.25, 0.3) is 0 Å². The number of aliphatic carboxylic acids is 1. The van der Waals surface area contributed by atoms with E-state index in [1.54, 1.807) is 6.92 Å². The van der Waals surface area contributed by atoms with Crippen molar-refractivity contribution < 1.29 is 19.1 Å². The molecule has 3 N–H and O–H groups in total. The van der Waals surface area contributed by atoms with E-state index in [0.717, 1.165) is 0 Å². The van der Waals surface area contributed by atoms with Crippen molar-refractivity contribution in [2.24, 2.45) is 5.73 Å². The molecule has 0 aliphatic rings. The summed E-state index contributed by atoms with van der Waals surface area (Å²) in [7, 11) is 0. The van der Waals surface area contributed by atoms with E-state index in [0.29, 0.717) is 11.5 Å². The lowest BCUT2D eigenvalue weighted by Crippen LogP contribution is -2.37. The van der Waals surface area contributed by atoms with E-state index in [4.69, 9.17) is 15.3 Å². The molecule has 7 heteroatoms. The van der Waals surface area contributed by atoms with Crippen LogP contribution in [0.15, 0.2) is 10.8 Å². The standard InChI is InChI=1S/C9H13N3O4/c1-6-7(11-5-16-6)2-12(3-8(10)13)4-9(14)15/h5H,2-4H2,1H3,(H2,10,13)(H,14,15). The minimum absolute atomic E-state index is 0.126. The van der Waals surface area contributed by atoms with Gasteiger partial charge in [-0.2, -0.15) is 0 Å². The third-order valence-electron chi connectivity index (χ3n) is 1.96. The van der Waals surface area contributed by atoms with Gasteiger partial charge >= 0.3 is 5.97 Å². The summed E-state index contributed by atoms with van der Waals surface area (Å²) in [5.74, 6) is -1.01. The zero-order valence-corrected chi connectivity index (χ0v) is 8.84. The highest BCUT2D eigenvalue weighted by atomic mass is 16.4. The number of carbonyl (C=O) groups excluding carboxylic acids is 1. The van der Waals surface area contributed by atoms with Crippen LogP contribution in [0.3, 0.4) is 0 Å². The maximum absolute atomic E-state index is 10.7.